The van der Waals surface area contributed by atoms with Crippen molar-refractivity contribution in [3.05, 3.63) is 23.2 Å². The van der Waals surface area contributed by atoms with E-state index < -0.39 is 10.8 Å². The van der Waals surface area contributed by atoms with Crippen LogP contribution >= 0.6 is 11.6 Å². The highest BCUT2D eigenvalue weighted by Gasteiger charge is 2.10. The fourth-order valence-corrected chi connectivity index (χ4v) is 2.96. The van der Waals surface area contributed by atoms with E-state index in [-0.39, 0.29) is 5.91 Å². The van der Waals surface area contributed by atoms with Crippen molar-refractivity contribution in [3.63, 3.8) is 0 Å². The molecule has 6 heteroatoms. The summed E-state index contributed by atoms with van der Waals surface area (Å²) in [7, 11) is 2.22. The van der Waals surface area contributed by atoms with Gasteiger partial charge in [0, 0.05) is 32.0 Å². The number of halogens is 1. The van der Waals surface area contributed by atoms with Crippen LogP contribution < -0.4 is 5.73 Å². The van der Waals surface area contributed by atoms with Crippen molar-refractivity contribution in [2.24, 2.45) is 0 Å². The predicted octanol–water partition coefficient (Wildman–Crippen LogP) is 1.90. The van der Waals surface area contributed by atoms with Crippen LogP contribution in [0.5, 0.6) is 0 Å². The van der Waals surface area contributed by atoms with Gasteiger partial charge in [0.15, 0.2) is 0 Å². The summed E-state index contributed by atoms with van der Waals surface area (Å²) in [6.45, 7) is 0. The lowest BCUT2D eigenvalue weighted by Gasteiger charge is -2.10. The number of amides is 1. The van der Waals surface area contributed by atoms with Crippen molar-refractivity contribution in [1.29, 1.82) is 0 Å². The molecular weight excluding hydrogens is 272 g/mol. The molecule has 0 spiro atoms. The van der Waals surface area contributed by atoms with E-state index in [1.807, 2.05) is 0 Å². The maximum absolute atomic E-state index is 12.0. The zero-order chi connectivity index (χ0) is 13.7. The number of nitrogens with two attached hydrogens (primary N) is 1. The van der Waals surface area contributed by atoms with Gasteiger partial charge < -0.3 is 10.6 Å². The Morgan fingerprint density at radius 1 is 1.44 bits per heavy atom. The standard InChI is InChI=1S/C12H17ClN2O2S/c1-15(2)12(16)4-3-7-18(17)11-6-5-9(14)8-10(11)13/h5-6,8H,3-4,7,14H2,1-2H3. The fourth-order valence-electron chi connectivity index (χ4n) is 1.39. The zero-order valence-electron chi connectivity index (χ0n) is 10.5. The van der Waals surface area contributed by atoms with Gasteiger partial charge in [-0.05, 0) is 24.6 Å². The second kappa shape index (κ2) is 6.75. The molecule has 0 aliphatic heterocycles. The second-order valence-corrected chi connectivity index (χ2v) is 6.08. The van der Waals surface area contributed by atoms with Gasteiger partial charge in [0.2, 0.25) is 5.91 Å². The normalized spacial score (nSPS) is 12.2. The zero-order valence-corrected chi connectivity index (χ0v) is 12.1. The van der Waals surface area contributed by atoms with Gasteiger partial charge in [0.05, 0.1) is 20.7 Å². The maximum Gasteiger partial charge on any atom is 0.222 e. The van der Waals surface area contributed by atoms with Crippen LogP contribution in [0, 0.1) is 0 Å². The molecule has 100 valence electrons. The van der Waals surface area contributed by atoms with Crippen LogP contribution in [0.3, 0.4) is 0 Å². The summed E-state index contributed by atoms with van der Waals surface area (Å²) in [5.41, 5.74) is 6.11. The van der Waals surface area contributed by atoms with Crippen molar-refractivity contribution in [3.8, 4) is 0 Å². The molecule has 0 fully saturated rings. The van der Waals surface area contributed by atoms with E-state index in [4.69, 9.17) is 17.3 Å². The molecule has 4 nitrogen and oxygen atoms in total. The summed E-state index contributed by atoms with van der Waals surface area (Å²) in [4.78, 5) is 13.5. The Morgan fingerprint density at radius 2 is 2.11 bits per heavy atom. The molecule has 0 aromatic heterocycles. The number of carbonyl (C=O) groups is 1. The number of benzene rings is 1. The Bertz CT molecular complexity index is 463. The minimum Gasteiger partial charge on any atom is -0.399 e. The molecule has 1 unspecified atom stereocenters. The number of hydrogen-bond donors (Lipinski definition) is 1. The first kappa shape index (κ1) is 15.0. The Hall–Kier alpha value is -1.07. The number of carbonyl (C=O) groups excluding carboxylic acids is 1. The van der Waals surface area contributed by atoms with Crippen LogP contribution in [-0.4, -0.2) is 34.9 Å². The van der Waals surface area contributed by atoms with E-state index >= 15 is 0 Å². The van der Waals surface area contributed by atoms with Crippen molar-refractivity contribution < 1.29 is 9.00 Å². The molecule has 0 saturated carbocycles. The average Bonchev–Trinajstić information content (AvgIpc) is 2.28. The summed E-state index contributed by atoms with van der Waals surface area (Å²) >= 11 is 5.97. The minimum absolute atomic E-state index is 0.0374. The van der Waals surface area contributed by atoms with Crippen LogP contribution in [0.1, 0.15) is 12.8 Å². The molecule has 1 atom stereocenters. The first-order chi connectivity index (χ1) is 8.41. The lowest BCUT2D eigenvalue weighted by Crippen LogP contribution is -2.21. The largest absolute Gasteiger partial charge is 0.399 e. The lowest BCUT2D eigenvalue weighted by molar-refractivity contribution is -0.128. The van der Waals surface area contributed by atoms with Crippen LogP contribution in [0.2, 0.25) is 5.02 Å². The Balaban J connectivity index is 2.53. The molecule has 1 aromatic carbocycles. The quantitative estimate of drug-likeness (QED) is 0.842. The molecule has 0 aliphatic carbocycles. The van der Waals surface area contributed by atoms with Crippen LogP contribution in [-0.2, 0) is 15.6 Å². The number of rotatable bonds is 5. The van der Waals surface area contributed by atoms with E-state index in [0.717, 1.165) is 0 Å². The third-order valence-electron chi connectivity index (χ3n) is 2.42. The van der Waals surface area contributed by atoms with Gasteiger partial charge in [-0.2, -0.15) is 0 Å². The lowest BCUT2D eigenvalue weighted by atomic mass is 10.3. The van der Waals surface area contributed by atoms with Crippen molar-refractivity contribution in [1.82, 2.24) is 4.90 Å². The molecule has 1 aromatic rings. The smallest absolute Gasteiger partial charge is 0.222 e. The highest BCUT2D eigenvalue weighted by atomic mass is 35.5. The van der Waals surface area contributed by atoms with Crippen molar-refractivity contribution in [2.75, 3.05) is 25.6 Å². The summed E-state index contributed by atoms with van der Waals surface area (Å²) < 4.78 is 12.0. The SMILES string of the molecule is CN(C)C(=O)CCCS(=O)c1ccc(N)cc1Cl. The second-order valence-electron chi connectivity index (χ2n) is 4.13. The summed E-state index contributed by atoms with van der Waals surface area (Å²) in [5, 5.41) is 0.410. The first-order valence-electron chi connectivity index (χ1n) is 5.55. The number of nitrogens with zero attached hydrogens (tertiary/aromatic N) is 1. The van der Waals surface area contributed by atoms with Crippen molar-refractivity contribution in [2.45, 2.75) is 17.7 Å². The Labute approximate surface area is 115 Å². The molecule has 0 heterocycles. The van der Waals surface area contributed by atoms with Gasteiger partial charge >= 0.3 is 0 Å². The van der Waals surface area contributed by atoms with Crippen LogP contribution in [0.15, 0.2) is 23.1 Å². The molecule has 2 N–H and O–H groups in total. The molecule has 1 rings (SSSR count). The molecule has 0 aliphatic rings. The Kier molecular flexibility index (Phi) is 5.62. The van der Waals surface area contributed by atoms with Gasteiger partial charge in [-0.25, -0.2) is 0 Å². The third kappa shape index (κ3) is 4.31. The molecule has 0 saturated heterocycles. The van der Waals surface area contributed by atoms with Crippen LogP contribution in [0.4, 0.5) is 5.69 Å². The highest BCUT2D eigenvalue weighted by Crippen LogP contribution is 2.23. The molecule has 1 amide bonds. The molecular formula is C12H17ClN2O2S. The van der Waals surface area contributed by atoms with E-state index in [0.29, 0.717) is 34.2 Å². The van der Waals surface area contributed by atoms with Gasteiger partial charge in [-0.3, -0.25) is 9.00 Å². The van der Waals surface area contributed by atoms with Gasteiger partial charge in [-0.1, -0.05) is 11.6 Å². The Morgan fingerprint density at radius 3 is 2.67 bits per heavy atom. The molecule has 18 heavy (non-hydrogen) atoms. The monoisotopic (exact) mass is 288 g/mol. The third-order valence-corrected chi connectivity index (χ3v) is 4.35. The summed E-state index contributed by atoms with van der Waals surface area (Å²) in [5.74, 6) is 0.457. The van der Waals surface area contributed by atoms with E-state index in [2.05, 4.69) is 0 Å². The van der Waals surface area contributed by atoms with E-state index in [9.17, 15) is 9.00 Å². The van der Waals surface area contributed by atoms with Crippen molar-refractivity contribution >= 4 is 34.0 Å². The van der Waals surface area contributed by atoms with Gasteiger partial charge in [-0.15, -0.1) is 0 Å². The van der Waals surface area contributed by atoms with Crippen LogP contribution in [0.25, 0.3) is 0 Å². The fraction of sp³-hybridized carbons (Fsp3) is 0.417. The molecule has 0 radical (unpaired) electrons. The highest BCUT2D eigenvalue weighted by molar-refractivity contribution is 7.85. The predicted molar refractivity (Wildman–Crippen MR) is 75.1 cm³/mol. The van der Waals surface area contributed by atoms with E-state index in [1.54, 1.807) is 32.3 Å². The van der Waals surface area contributed by atoms with Gasteiger partial charge in [0.1, 0.15) is 0 Å². The van der Waals surface area contributed by atoms with E-state index in [1.165, 1.54) is 4.90 Å². The summed E-state index contributed by atoms with van der Waals surface area (Å²) in [6, 6.07) is 4.92. The molecule has 0 bridgehead atoms. The minimum atomic E-state index is -1.19. The first-order valence-corrected chi connectivity index (χ1v) is 7.25. The number of anilines is 1. The topological polar surface area (TPSA) is 63.4 Å². The average molecular weight is 289 g/mol. The van der Waals surface area contributed by atoms with Gasteiger partial charge in [0.25, 0.3) is 0 Å². The number of nitrogen functional groups attached to an aromatic ring is 1. The maximum atomic E-state index is 12.0. The number of hydrogen-bond acceptors (Lipinski definition) is 3. The summed E-state index contributed by atoms with van der Waals surface area (Å²) in [6.07, 6.45) is 0.968.